The quantitative estimate of drug-likeness (QED) is 0.153. The molecule has 462 valence electrons. The number of benzene rings is 15. The van der Waals surface area contributed by atoms with E-state index in [0.717, 1.165) is 11.4 Å². The average Bonchev–Trinajstić information content (AvgIpc) is 1.58. The number of hydrogen-bond acceptors (Lipinski definition) is 2. The zero-order chi connectivity index (χ0) is 65.5. The van der Waals surface area contributed by atoms with Crippen LogP contribution < -0.4 is 26.2 Å². The normalized spacial score (nSPS) is 14.3. The first-order valence-electron chi connectivity index (χ1n) is 35.0. The molecule has 2 nitrogen and oxygen atoms in total. The molecule has 21 rings (SSSR count). The van der Waals surface area contributed by atoms with Crippen molar-refractivity contribution >= 4 is 57.2 Å². The van der Waals surface area contributed by atoms with Crippen LogP contribution in [-0.2, 0) is 16.2 Å². The maximum Gasteiger partial charge on any atom is 0.252 e. The van der Waals surface area contributed by atoms with Crippen LogP contribution >= 0.6 is 0 Å². The van der Waals surface area contributed by atoms with Gasteiger partial charge in [0.25, 0.3) is 6.71 Å². The molecule has 2 spiro atoms. The van der Waals surface area contributed by atoms with E-state index in [-0.39, 0.29) is 12.1 Å². The van der Waals surface area contributed by atoms with Gasteiger partial charge in [-0.15, -0.1) is 0 Å². The molecule has 0 unspecified atom stereocenters. The SMILES string of the molecule is CC(C)(C)c1cc2c3c(c1)N(c1ccccc1-c1ccccc1)c1ccc(-c4cccc5c4-c4ccccc4C54c5ccccc5-c5ccccc54)cc1B3c1cc(-c3cccc4c3-c3ccccc3C43c4ccccc4-c4ccccc43)ccc1N2c1ccccc1-c1ccccc1. The van der Waals surface area contributed by atoms with Crippen LogP contribution in [0, 0.1) is 0 Å². The van der Waals surface area contributed by atoms with Crippen LogP contribution in [0.4, 0.5) is 34.1 Å². The molecular weight excluding hydrogens is 1190 g/mol. The van der Waals surface area contributed by atoms with Crippen molar-refractivity contribution in [3.63, 3.8) is 0 Å². The van der Waals surface area contributed by atoms with Crippen LogP contribution in [0.1, 0.15) is 70.8 Å². The molecule has 2 aliphatic heterocycles. The lowest BCUT2D eigenvalue weighted by atomic mass is 9.33. The van der Waals surface area contributed by atoms with E-state index in [1.54, 1.807) is 0 Å². The second-order valence-electron chi connectivity index (χ2n) is 28.8. The molecule has 15 aromatic rings. The van der Waals surface area contributed by atoms with Crippen LogP contribution in [0.15, 0.2) is 340 Å². The monoisotopic (exact) mass is 1260 g/mol. The van der Waals surface area contributed by atoms with E-state index >= 15 is 0 Å². The maximum atomic E-state index is 2.64. The van der Waals surface area contributed by atoms with E-state index in [2.05, 4.69) is 370 Å². The van der Waals surface area contributed by atoms with Gasteiger partial charge in [0.15, 0.2) is 0 Å². The van der Waals surface area contributed by atoms with Crippen molar-refractivity contribution < 1.29 is 0 Å². The topological polar surface area (TPSA) is 6.48 Å². The number of para-hydroxylation sites is 2. The summed E-state index contributed by atoms with van der Waals surface area (Å²) < 4.78 is 0. The fourth-order valence-corrected chi connectivity index (χ4v) is 19.1. The Labute approximate surface area is 579 Å². The molecule has 99 heavy (non-hydrogen) atoms. The standard InChI is InChI=1S/C96H65BN2/c1-94(2,3)64-58-89-93-90(59-64)99(86-51-25-17-33-66(86)61-30-8-5-9-31-61)88-55-53-63(68-41-27-49-82-92(68)74-39-15-23-47-80(74)96(82)77-44-20-12-36-71(77)72-37-13-21-45-78(72)96)57-84(88)97(93)83-56-62(52-54-87(83)98(89)85-50-24-16-32-65(85)60-28-6-4-7-29-60)67-40-26-48-81-91(67)73-38-14-22-46-79(73)95(81)75-42-18-10-34-69(75)70-35-11-19-43-76(70)95/h4-59H,1-3H3. The molecule has 0 N–H and O–H groups in total. The van der Waals surface area contributed by atoms with Crippen molar-refractivity contribution in [1.29, 1.82) is 0 Å². The molecule has 0 radical (unpaired) electrons. The van der Waals surface area contributed by atoms with Gasteiger partial charge in [0, 0.05) is 33.9 Å². The summed E-state index contributed by atoms with van der Waals surface area (Å²) in [7, 11) is 0. The fraction of sp³-hybridized carbons (Fsp3) is 0.0625. The Morgan fingerprint density at radius 2 is 0.535 bits per heavy atom. The van der Waals surface area contributed by atoms with Gasteiger partial charge in [-0.1, -0.05) is 324 Å². The van der Waals surface area contributed by atoms with Crippen molar-refractivity contribution in [3.8, 4) is 89.0 Å². The van der Waals surface area contributed by atoms with Crippen molar-refractivity contribution in [3.05, 3.63) is 390 Å². The first-order chi connectivity index (χ1) is 48.8. The molecule has 0 atom stereocenters. The summed E-state index contributed by atoms with van der Waals surface area (Å²) in [5.74, 6) is 0. The molecule has 0 amide bonds. The number of hydrogen-bond donors (Lipinski definition) is 0. The molecular formula is C96H65BN2. The van der Waals surface area contributed by atoms with Crippen LogP contribution in [-0.4, -0.2) is 6.71 Å². The zero-order valence-corrected chi connectivity index (χ0v) is 55.3. The third kappa shape index (κ3) is 7.52. The lowest BCUT2D eigenvalue weighted by Gasteiger charge is -2.46. The van der Waals surface area contributed by atoms with Crippen LogP contribution in [0.5, 0.6) is 0 Å². The van der Waals surface area contributed by atoms with E-state index in [1.807, 2.05) is 0 Å². The Balaban J connectivity index is 0.867. The molecule has 0 saturated carbocycles. The van der Waals surface area contributed by atoms with Gasteiger partial charge in [-0.05, 0) is 186 Å². The van der Waals surface area contributed by atoms with Gasteiger partial charge in [0.1, 0.15) is 0 Å². The van der Waals surface area contributed by atoms with Crippen LogP contribution in [0.2, 0.25) is 0 Å². The Bertz CT molecular complexity index is 5510. The van der Waals surface area contributed by atoms with Crippen molar-refractivity contribution in [2.24, 2.45) is 0 Å². The van der Waals surface area contributed by atoms with E-state index in [9.17, 15) is 0 Å². The predicted octanol–water partition coefficient (Wildman–Crippen LogP) is 22.4. The Kier molecular flexibility index (Phi) is 11.8. The molecule has 0 fully saturated rings. The second kappa shape index (κ2) is 20.7. The number of fused-ring (bicyclic) bond motifs is 24. The van der Waals surface area contributed by atoms with Crippen molar-refractivity contribution in [2.45, 2.75) is 37.0 Å². The minimum absolute atomic E-state index is 0.220. The first kappa shape index (κ1) is 56.2. The van der Waals surface area contributed by atoms with Gasteiger partial charge in [-0.2, -0.15) is 0 Å². The first-order valence-corrected chi connectivity index (χ1v) is 35.0. The lowest BCUT2D eigenvalue weighted by molar-refractivity contribution is 0.590. The number of rotatable bonds is 6. The summed E-state index contributed by atoms with van der Waals surface area (Å²) >= 11 is 0. The minimum atomic E-state index is -0.486. The largest absolute Gasteiger partial charge is 0.311 e. The minimum Gasteiger partial charge on any atom is -0.311 e. The Morgan fingerprint density at radius 3 is 0.909 bits per heavy atom. The number of anilines is 6. The summed E-state index contributed by atoms with van der Waals surface area (Å²) in [5.41, 5.74) is 41.6. The molecule has 4 aliphatic carbocycles. The second-order valence-corrected chi connectivity index (χ2v) is 28.8. The molecule has 0 aromatic heterocycles. The van der Waals surface area contributed by atoms with E-state index in [4.69, 9.17) is 0 Å². The van der Waals surface area contributed by atoms with Gasteiger partial charge >= 0.3 is 0 Å². The van der Waals surface area contributed by atoms with Gasteiger partial charge in [0.2, 0.25) is 0 Å². The lowest BCUT2D eigenvalue weighted by Crippen LogP contribution is -2.61. The average molecular weight is 1260 g/mol. The van der Waals surface area contributed by atoms with Gasteiger partial charge in [-0.3, -0.25) is 0 Å². The summed E-state index contributed by atoms with van der Waals surface area (Å²) in [4.78, 5) is 5.29. The van der Waals surface area contributed by atoms with E-state index < -0.39 is 10.8 Å². The predicted molar refractivity (Wildman–Crippen MR) is 414 cm³/mol. The Hall–Kier alpha value is -12.0. The third-order valence-corrected chi connectivity index (χ3v) is 23.1. The fourth-order valence-electron chi connectivity index (χ4n) is 19.1. The van der Waals surface area contributed by atoms with Crippen molar-refractivity contribution in [1.82, 2.24) is 0 Å². The van der Waals surface area contributed by atoms with Crippen molar-refractivity contribution in [2.75, 3.05) is 9.80 Å². The summed E-state index contributed by atoms with van der Waals surface area (Å²) in [6, 6.07) is 130. The highest BCUT2D eigenvalue weighted by Crippen LogP contribution is 2.66. The summed E-state index contributed by atoms with van der Waals surface area (Å²) in [6.07, 6.45) is 0. The van der Waals surface area contributed by atoms with Crippen LogP contribution in [0.25, 0.3) is 89.0 Å². The maximum absolute atomic E-state index is 2.64. The molecule has 15 aromatic carbocycles. The summed E-state index contributed by atoms with van der Waals surface area (Å²) in [5, 5.41) is 0. The van der Waals surface area contributed by atoms with Gasteiger partial charge < -0.3 is 9.80 Å². The van der Waals surface area contributed by atoms with Crippen LogP contribution in [0.3, 0.4) is 0 Å². The highest BCUT2D eigenvalue weighted by molar-refractivity contribution is 7.00. The highest BCUT2D eigenvalue weighted by atomic mass is 15.2. The molecule has 0 bridgehead atoms. The molecule has 2 heterocycles. The van der Waals surface area contributed by atoms with Gasteiger partial charge in [0.05, 0.1) is 22.2 Å². The molecule has 0 saturated heterocycles. The third-order valence-electron chi connectivity index (χ3n) is 23.1. The molecule has 6 aliphatic rings. The van der Waals surface area contributed by atoms with E-state index in [1.165, 1.54) is 178 Å². The number of nitrogens with zero attached hydrogens (tertiary/aromatic N) is 2. The van der Waals surface area contributed by atoms with Gasteiger partial charge in [-0.25, -0.2) is 0 Å². The zero-order valence-electron chi connectivity index (χ0n) is 55.3. The van der Waals surface area contributed by atoms with E-state index in [0.29, 0.717) is 0 Å². The highest BCUT2D eigenvalue weighted by Gasteiger charge is 2.54. The Morgan fingerprint density at radius 1 is 0.232 bits per heavy atom. The summed E-state index contributed by atoms with van der Waals surface area (Å²) in [6.45, 7) is 6.91. The smallest absolute Gasteiger partial charge is 0.252 e. The molecule has 3 heteroatoms.